The molecular weight excluding hydrogens is 256 g/mol. The first kappa shape index (κ1) is 14.2. The van der Waals surface area contributed by atoms with Crippen LogP contribution in [0.3, 0.4) is 0 Å². The van der Waals surface area contributed by atoms with E-state index in [1.165, 1.54) is 13.4 Å². The van der Waals surface area contributed by atoms with Crippen LogP contribution in [-0.4, -0.2) is 46.3 Å². The summed E-state index contributed by atoms with van der Waals surface area (Å²) in [6, 6.07) is 7.86. The lowest BCUT2D eigenvalue weighted by Gasteiger charge is -2.25. The Balaban J connectivity index is 2.11. The first-order valence-corrected chi connectivity index (χ1v) is 6.33. The Morgan fingerprint density at radius 2 is 2.10 bits per heavy atom. The third-order valence-electron chi connectivity index (χ3n) is 3.30. The van der Waals surface area contributed by atoms with Crippen LogP contribution in [0.4, 0.5) is 0 Å². The molecule has 20 heavy (non-hydrogen) atoms. The van der Waals surface area contributed by atoms with Crippen LogP contribution in [0, 0.1) is 0 Å². The number of aromatic nitrogens is 3. The molecule has 1 aromatic heterocycles. The summed E-state index contributed by atoms with van der Waals surface area (Å²) in [4.78, 5) is 17.4. The molecule has 0 N–H and O–H groups in total. The van der Waals surface area contributed by atoms with Gasteiger partial charge in [0, 0.05) is 14.2 Å². The summed E-state index contributed by atoms with van der Waals surface area (Å²) in [5, 5.41) is 4.07. The van der Waals surface area contributed by atoms with Gasteiger partial charge in [0.2, 0.25) is 5.91 Å². The Morgan fingerprint density at radius 1 is 1.40 bits per heavy atom. The van der Waals surface area contributed by atoms with Gasteiger partial charge < -0.3 is 9.64 Å². The standard InChI is InChI=1S/C14H18N4O2/c1-11(17(2)14(19)8-20-3)12-4-6-13(7-5-12)18-10-15-9-16-18/h4-7,9-11H,8H2,1-3H3. The van der Waals surface area contributed by atoms with Crippen molar-refractivity contribution in [2.45, 2.75) is 13.0 Å². The normalized spacial score (nSPS) is 12.2. The molecule has 0 saturated carbocycles. The zero-order chi connectivity index (χ0) is 14.5. The van der Waals surface area contributed by atoms with Gasteiger partial charge in [0.1, 0.15) is 19.3 Å². The Kier molecular flexibility index (Phi) is 4.47. The number of amides is 1. The molecule has 0 bridgehead atoms. The van der Waals surface area contributed by atoms with Crippen LogP contribution in [0.2, 0.25) is 0 Å². The molecule has 6 heteroatoms. The monoisotopic (exact) mass is 274 g/mol. The fourth-order valence-electron chi connectivity index (χ4n) is 1.91. The number of hydrogen-bond acceptors (Lipinski definition) is 4. The largest absolute Gasteiger partial charge is 0.375 e. The van der Waals surface area contributed by atoms with Gasteiger partial charge in [-0.25, -0.2) is 9.67 Å². The average Bonchev–Trinajstić information content (AvgIpc) is 3.00. The number of carbonyl (C=O) groups excluding carboxylic acids is 1. The number of carbonyl (C=O) groups is 1. The highest BCUT2D eigenvalue weighted by atomic mass is 16.5. The van der Waals surface area contributed by atoms with Crippen molar-refractivity contribution in [3.8, 4) is 5.69 Å². The highest BCUT2D eigenvalue weighted by Crippen LogP contribution is 2.20. The maximum Gasteiger partial charge on any atom is 0.248 e. The maximum atomic E-state index is 11.8. The topological polar surface area (TPSA) is 60.2 Å². The smallest absolute Gasteiger partial charge is 0.248 e. The molecule has 0 aliphatic rings. The number of methoxy groups -OCH3 is 1. The minimum Gasteiger partial charge on any atom is -0.375 e. The molecule has 0 fully saturated rings. The molecular formula is C14H18N4O2. The summed E-state index contributed by atoms with van der Waals surface area (Å²) < 4.78 is 6.56. The van der Waals surface area contributed by atoms with Gasteiger partial charge in [-0.15, -0.1) is 0 Å². The second kappa shape index (κ2) is 6.29. The molecule has 2 aromatic rings. The van der Waals surface area contributed by atoms with Gasteiger partial charge in [0.05, 0.1) is 11.7 Å². The van der Waals surface area contributed by atoms with E-state index in [-0.39, 0.29) is 18.6 Å². The minimum atomic E-state index is -0.0413. The molecule has 1 amide bonds. The highest BCUT2D eigenvalue weighted by molar-refractivity contribution is 5.77. The Morgan fingerprint density at radius 3 is 2.65 bits per heavy atom. The minimum absolute atomic E-state index is 0.0116. The number of ether oxygens (including phenoxy) is 1. The van der Waals surface area contributed by atoms with Gasteiger partial charge in [0.15, 0.2) is 0 Å². The molecule has 0 aliphatic heterocycles. The Hall–Kier alpha value is -2.21. The lowest BCUT2D eigenvalue weighted by atomic mass is 10.1. The fraction of sp³-hybridized carbons (Fsp3) is 0.357. The molecule has 106 valence electrons. The quantitative estimate of drug-likeness (QED) is 0.827. The van der Waals surface area contributed by atoms with Gasteiger partial charge >= 0.3 is 0 Å². The summed E-state index contributed by atoms with van der Waals surface area (Å²) in [7, 11) is 3.29. The fourth-order valence-corrected chi connectivity index (χ4v) is 1.91. The highest BCUT2D eigenvalue weighted by Gasteiger charge is 2.16. The van der Waals surface area contributed by atoms with Crippen LogP contribution in [0.1, 0.15) is 18.5 Å². The molecule has 1 aromatic carbocycles. The van der Waals surface area contributed by atoms with Crippen molar-refractivity contribution in [2.24, 2.45) is 0 Å². The van der Waals surface area contributed by atoms with E-state index in [1.54, 1.807) is 23.0 Å². The predicted molar refractivity (Wildman–Crippen MR) is 74.4 cm³/mol. The van der Waals surface area contributed by atoms with Gasteiger partial charge in [-0.05, 0) is 24.6 Å². The second-order valence-electron chi connectivity index (χ2n) is 4.55. The summed E-state index contributed by atoms with van der Waals surface area (Å²) in [5.74, 6) is -0.0413. The lowest BCUT2D eigenvalue weighted by Crippen LogP contribution is -2.32. The van der Waals surface area contributed by atoms with E-state index in [2.05, 4.69) is 10.1 Å². The SMILES string of the molecule is COCC(=O)N(C)C(C)c1ccc(-n2cncn2)cc1. The molecule has 2 rings (SSSR count). The van der Waals surface area contributed by atoms with Gasteiger partial charge in [-0.1, -0.05) is 12.1 Å². The predicted octanol–water partition coefficient (Wildman–Crippen LogP) is 1.43. The van der Waals surface area contributed by atoms with Crippen LogP contribution in [0.5, 0.6) is 0 Å². The number of rotatable bonds is 5. The zero-order valence-corrected chi connectivity index (χ0v) is 11.9. The lowest BCUT2D eigenvalue weighted by molar-refractivity contribution is -0.135. The summed E-state index contributed by atoms with van der Waals surface area (Å²) >= 11 is 0. The van der Waals surface area contributed by atoms with Crippen molar-refractivity contribution >= 4 is 5.91 Å². The molecule has 1 unspecified atom stereocenters. The molecule has 6 nitrogen and oxygen atoms in total. The molecule has 1 atom stereocenters. The number of likely N-dealkylation sites (N-methyl/N-ethyl adjacent to an activating group) is 1. The number of nitrogens with zero attached hydrogens (tertiary/aromatic N) is 4. The molecule has 0 saturated heterocycles. The van der Waals surface area contributed by atoms with E-state index in [4.69, 9.17) is 4.74 Å². The first-order chi connectivity index (χ1) is 9.63. The van der Waals surface area contributed by atoms with E-state index >= 15 is 0 Å². The van der Waals surface area contributed by atoms with E-state index < -0.39 is 0 Å². The second-order valence-corrected chi connectivity index (χ2v) is 4.55. The van der Waals surface area contributed by atoms with E-state index in [0.717, 1.165) is 11.3 Å². The molecule has 0 spiro atoms. The van der Waals surface area contributed by atoms with Crippen molar-refractivity contribution in [2.75, 3.05) is 20.8 Å². The number of benzene rings is 1. The van der Waals surface area contributed by atoms with Crippen LogP contribution < -0.4 is 0 Å². The van der Waals surface area contributed by atoms with Crippen molar-refractivity contribution in [1.29, 1.82) is 0 Å². The number of hydrogen-bond donors (Lipinski definition) is 0. The van der Waals surface area contributed by atoms with Gasteiger partial charge in [-0.3, -0.25) is 4.79 Å². The zero-order valence-electron chi connectivity index (χ0n) is 11.9. The van der Waals surface area contributed by atoms with Crippen molar-refractivity contribution < 1.29 is 9.53 Å². The van der Waals surface area contributed by atoms with Crippen LogP contribution in [-0.2, 0) is 9.53 Å². The van der Waals surface area contributed by atoms with Gasteiger partial charge in [0.25, 0.3) is 0 Å². The van der Waals surface area contributed by atoms with E-state index in [0.29, 0.717) is 0 Å². The van der Waals surface area contributed by atoms with Crippen molar-refractivity contribution in [3.05, 3.63) is 42.5 Å². The summed E-state index contributed by atoms with van der Waals surface area (Å²) in [5.41, 5.74) is 1.99. The maximum absolute atomic E-state index is 11.8. The van der Waals surface area contributed by atoms with E-state index in [9.17, 15) is 4.79 Å². The first-order valence-electron chi connectivity index (χ1n) is 6.33. The van der Waals surface area contributed by atoms with Crippen LogP contribution in [0.15, 0.2) is 36.9 Å². The molecule has 0 aliphatic carbocycles. The van der Waals surface area contributed by atoms with Crippen molar-refractivity contribution in [1.82, 2.24) is 19.7 Å². The average molecular weight is 274 g/mol. The molecule has 0 radical (unpaired) electrons. The summed E-state index contributed by atoms with van der Waals surface area (Å²) in [6.45, 7) is 2.08. The summed E-state index contributed by atoms with van der Waals surface area (Å²) in [6.07, 6.45) is 3.14. The van der Waals surface area contributed by atoms with Crippen molar-refractivity contribution in [3.63, 3.8) is 0 Å². The van der Waals surface area contributed by atoms with E-state index in [1.807, 2.05) is 31.2 Å². The Labute approximate surface area is 118 Å². The molecule has 1 heterocycles. The Bertz CT molecular complexity index is 551. The van der Waals surface area contributed by atoms with Crippen LogP contribution >= 0.6 is 0 Å². The van der Waals surface area contributed by atoms with Gasteiger partial charge in [-0.2, -0.15) is 5.10 Å². The third-order valence-corrected chi connectivity index (χ3v) is 3.30. The third kappa shape index (κ3) is 3.03. The van der Waals surface area contributed by atoms with Crippen LogP contribution in [0.25, 0.3) is 5.69 Å².